The van der Waals surface area contributed by atoms with Crippen LogP contribution in [0.15, 0.2) is 28.2 Å². The summed E-state index contributed by atoms with van der Waals surface area (Å²) in [5.41, 5.74) is 2.37. The van der Waals surface area contributed by atoms with Gasteiger partial charge in [0.1, 0.15) is 0 Å². The minimum absolute atomic E-state index is 0.0390. The molecule has 0 radical (unpaired) electrons. The van der Waals surface area contributed by atoms with Crippen LogP contribution in [0.5, 0.6) is 0 Å². The van der Waals surface area contributed by atoms with Crippen molar-refractivity contribution in [2.45, 2.75) is 26.1 Å². The van der Waals surface area contributed by atoms with Crippen LogP contribution in [-0.4, -0.2) is 4.98 Å². The van der Waals surface area contributed by atoms with Crippen molar-refractivity contribution in [1.29, 1.82) is 0 Å². The number of alkyl halides is 3. The first-order valence-corrected chi connectivity index (χ1v) is 7.49. The molecule has 1 heterocycles. The molecule has 2 nitrogen and oxygen atoms in total. The van der Waals surface area contributed by atoms with Gasteiger partial charge >= 0.3 is 6.18 Å². The molecule has 2 aromatic rings. The molecule has 0 bridgehead atoms. The number of nitrogens with one attached hydrogen (secondary N) is 1. The monoisotopic (exact) mass is 364 g/mol. The maximum atomic E-state index is 12.8. The highest BCUT2D eigenvalue weighted by Gasteiger charge is 2.33. The van der Waals surface area contributed by atoms with Gasteiger partial charge in [0.05, 0.1) is 22.8 Å². The van der Waals surface area contributed by atoms with Crippen LogP contribution in [0, 0.1) is 6.92 Å². The van der Waals surface area contributed by atoms with Crippen LogP contribution < -0.4 is 5.32 Å². The number of benzene rings is 1. The zero-order valence-electron chi connectivity index (χ0n) is 10.8. The van der Waals surface area contributed by atoms with Gasteiger partial charge in [0, 0.05) is 15.0 Å². The van der Waals surface area contributed by atoms with E-state index < -0.39 is 11.7 Å². The lowest BCUT2D eigenvalue weighted by atomic mass is 10.1. The quantitative estimate of drug-likeness (QED) is 0.787. The molecule has 2 rings (SSSR count). The summed E-state index contributed by atoms with van der Waals surface area (Å²) in [6.45, 7) is 3.78. The Kier molecular flexibility index (Phi) is 4.39. The van der Waals surface area contributed by atoms with Crippen molar-refractivity contribution in [3.63, 3.8) is 0 Å². The summed E-state index contributed by atoms with van der Waals surface area (Å²) in [5, 5.41) is 3.07. The Morgan fingerprint density at radius 3 is 2.60 bits per heavy atom. The highest BCUT2D eigenvalue weighted by Crippen LogP contribution is 2.37. The molecule has 0 spiro atoms. The Bertz CT molecular complexity index is 610. The molecule has 1 aromatic heterocycles. The first kappa shape index (κ1) is 15.3. The minimum atomic E-state index is -4.37. The van der Waals surface area contributed by atoms with Crippen LogP contribution in [0.25, 0.3) is 0 Å². The molecule has 20 heavy (non-hydrogen) atoms. The van der Waals surface area contributed by atoms with E-state index >= 15 is 0 Å². The van der Waals surface area contributed by atoms with Crippen molar-refractivity contribution in [3.8, 4) is 0 Å². The van der Waals surface area contributed by atoms with E-state index in [0.29, 0.717) is 5.69 Å². The highest BCUT2D eigenvalue weighted by molar-refractivity contribution is 9.10. The lowest BCUT2D eigenvalue weighted by Crippen LogP contribution is -2.10. The van der Waals surface area contributed by atoms with E-state index in [1.165, 1.54) is 17.4 Å². The molecule has 1 unspecified atom stereocenters. The van der Waals surface area contributed by atoms with E-state index in [-0.39, 0.29) is 10.5 Å². The second kappa shape index (κ2) is 5.73. The smallest absolute Gasteiger partial charge is 0.378 e. The molecule has 1 N–H and O–H groups in total. The van der Waals surface area contributed by atoms with Gasteiger partial charge in [-0.05, 0) is 32.0 Å². The van der Waals surface area contributed by atoms with E-state index in [1.807, 2.05) is 13.8 Å². The first-order chi connectivity index (χ1) is 9.29. The Labute approximate surface area is 127 Å². The molecule has 108 valence electrons. The Hall–Kier alpha value is -1.08. The molecule has 1 aromatic carbocycles. The lowest BCUT2D eigenvalue weighted by molar-refractivity contribution is -0.138. The van der Waals surface area contributed by atoms with Gasteiger partial charge in [-0.1, -0.05) is 15.9 Å². The number of aryl methyl sites for hydroxylation is 1. The van der Waals surface area contributed by atoms with Gasteiger partial charge < -0.3 is 5.32 Å². The summed E-state index contributed by atoms with van der Waals surface area (Å²) >= 11 is 4.41. The molecule has 0 fully saturated rings. The molecule has 7 heteroatoms. The van der Waals surface area contributed by atoms with Gasteiger partial charge in [-0.3, -0.25) is 0 Å². The molecule has 0 saturated carbocycles. The number of aromatic nitrogens is 1. The number of hydrogen-bond donors (Lipinski definition) is 1. The summed E-state index contributed by atoms with van der Waals surface area (Å²) < 4.78 is 38.6. The zero-order valence-corrected chi connectivity index (χ0v) is 13.2. The Balaban J connectivity index is 2.25. The lowest BCUT2D eigenvalue weighted by Gasteiger charge is -2.17. The van der Waals surface area contributed by atoms with Gasteiger partial charge in [-0.15, -0.1) is 11.3 Å². The first-order valence-electron chi connectivity index (χ1n) is 5.82. The second-order valence-electron chi connectivity index (χ2n) is 4.36. The average molecular weight is 365 g/mol. The largest absolute Gasteiger partial charge is 0.417 e. The van der Waals surface area contributed by atoms with Gasteiger partial charge in [0.15, 0.2) is 0 Å². The van der Waals surface area contributed by atoms with Gasteiger partial charge in [0.2, 0.25) is 0 Å². The van der Waals surface area contributed by atoms with E-state index in [4.69, 9.17) is 0 Å². The van der Waals surface area contributed by atoms with E-state index in [9.17, 15) is 13.2 Å². The van der Waals surface area contributed by atoms with Crippen LogP contribution in [0.3, 0.4) is 0 Å². The third-order valence-electron chi connectivity index (χ3n) is 2.83. The van der Waals surface area contributed by atoms with E-state index in [0.717, 1.165) is 16.6 Å². The molecule has 0 aliphatic rings. The molecule has 0 aliphatic carbocycles. The number of rotatable bonds is 3. The number of nitrogens with zero attached hydrogens (tertiary/aromatic N) is 1. The normalized spacial score (nSPS) is 13.3. The third-order valence-corrected chi connectivity index (χ3v) is 4.64. The van der Waals surface area contributed by atoms with Crippen molar-refractivity contribution in [2.75, 3.05) is 5.32 Å². The van der Waals surface area contributed by atoms with Crippen molar-refractivity contribution >= 4 is 33.0 Å². The standard InChI is InChI=1S/C13H12BrF3N2S/c1-7-12(20-6-18-7)8(2)19-9-3-4-11(14)10(5-9)13(15,16)17/h3-6,8,19H,1-2H3. The predicted molar refractivity (Wildman–Crippen MR) is 78.0 cm³/mol. The van der Waals surface area contributed by atoms with Crippen molar-refractivity contribution < 1.29 is 13.2 Å². The van der Waals surface area contributed by atoms with Gasteiger partial charge in [-0.2, -0.15) is 13.2 Å². The third kappa shape index (κ3) is 3.32. The fourth-order valence-electron chi connectivity index (χ4n) is 1.87. The minimum Gasteiger partial charge on any atom is -0.378 e. The molecule has 0 saturated heterocycles. The molecular weight excluding hydrogens is 353 g/mol. The molecule has 1 atom stereocenters. The predicted octanol–water partition coefficient (Wildman–Crippen LogP) is 5.41. The van der Waals surface area contributed by atoms with E-state index in [1.54, 1.807) is 11.6 Å². The summed E-state index contributed by atoms with van der Waals surface area (Å²) in [6.07, 6.45) is -4.37. The van der Waals surface area contributed by atoms with Crippen LogP contribution >= 0.6 is 27.3 Å². The highest BCUT2D eigenvalue weighted by atomic mass is 79.9. The number of halogens is 4. The number of hydrogen-bond acceptors (Lipinski definition) is 3. The fourth-order valence-corrected chi connectivity index (χ4v) is 3.16. The SMILES string of the molecule is Cc1ncsc1C(C)Nc1ccc(Br)c(C(F)(F)F)c1. The van der Waals surface area contributed by atoms with Gasteiger partial charge in [-0.25, -0.2) is 4.98 Å². The summed E-state index contributed by atoms with van der Waals surface area (Å²) in [6, 6.07) is 4.03. The van der Waals surface area contributed by atoms with E-state index in [2.05, 4.69) is 26.2 Å². The maximum absolute atomic E-state index is 12.8. The summed E-state index contributed by atoms with van der Waals surface area (Å²) in [7, 11) is 0. The number of thiazole rings is 1. The van der Waals surface area contributed by atoms with Crippen LogP contribution in [0.4, 0.5) is 18.9 Å². The summed E-state index contributed by atoms with van der Waals surface area (Å²) in [4.78, 5) is 5.16. The van der Waals surface area contributed by atoms with Crippen molar-refractivity contribution in [2.24, 2.45) is 0 Å². The van der Waals surface area contributed by atoms with Crippen LogP contribution in [0.2, 0.25) is 0 Å². The molecular formula is C13H12BrF3N2S. The maximum Gasteiger partial charge on any atom is 0.417 e. The van der Waals surface area contributed by atoms with Gasteiger partial charge in [0.25, 0.3) is 0 Å². The molecule has 0 aliphatic heterocycles. The summed E-state index contributed by atoms with van der Waals surface area (Å²) in [5.74, 6) is 0. The van der Waals surface area contributed by atoms with Crippen molar-refractivity contribution in [1.82, 2.24) is 4.98 Å². The Morgan fingerprint density at radius 2 is 2.05 bits per heavy atom. The topological polar surface area (TPSA) is 24.9 Å². The zero-order chi connectivity index (χ0) is 14.9. The second-order valence-corrected chi connectivity index (χ2v) is 6.10. The molecule has 0 amide bonds. The van der Waals surface area contributed by atoms with Crippen LogP contribution in [-0.2, 0) is 6.18 Å². The van der Waals surface area contributed by atoms with Crippen molar-refractivity contribution in [3.05, 3.63) is 44.3 Å². The van der Waals surface area contributed by atoms with Crippen LogP contribution in [0.1, 0.15) is 29.1 Å². The number of anilines is 1. The fraction of sp³-hybridized carbons (Fsp3) is 0.308. The average Bonchev–Trinajstić information content (AvgIpc) is 2.76. The Morgan fingerprint density at radius 1 is 1.35 bits per heavy atom.